The molecular weight excluding hydrogens is 218 g/mol. The molecule has 5 heteroatoms. The largest absolute Gasteiger partial charge is 0.378 e. The average molecular weight is 241 g/mol. The smallest absolute Gasteiger partial charge is 0.239 e. The summed E-state index contributed by atoms with van der Waals surface area (Å²) in [6, 6.07) is 0.352. The maximum Gasteiger partial charge on any atom is 0.239 e. The molecule has 5 nitrogen and oxygen atoms in total. The molecule has 98 valence electrons. The molecule has 2 N–H and O–H groups in total. The zero-order valence-electron chi connectivity index (χ0n) is 10.6. The number of hydrogen-bond donors (Lipinski definition) is 2. The fraction of sp³-hybridized carbons (Fsp3) is 0.917. The minimum absolute atomic E-state index is 0.0822. The van der Waals surface area contributed by atoms with E-state index in [-0.39, 0.29) is 11.9 Å². The van der Waals surface area contributed by atoms with Crippen LogP contribution in [0.2, 0.25) is 0 Å². The number of nitrogens with zero attached hydrogens (tertiary/aromatic N) is 1. The third kappa shape index (κ3) is 3.94. The lowest BCUT2D eigenvalue weighted by Crippen LogP contribution is -2.54. The second kappa shape index (κ2) is 6.33. The lowest BCUT2D eigenvalue weighted by atomic mass is 10.2. The molecule has 1 aliphatic heterocycles. The number of hydrogen-bond acceptors (Lipinski definition) is 4. The van der Waals surface area contributed by atoms with Gasteiger partial charge in [0.05, 0.1) is 13.2 Å². The molecule has 2 aliphatic rings. The zero-order chi connectivity index (χ0) is 12.1. The van der Waals surface area contributed by atoms with Crippen molar-refractivity contribution in [2.45, 2.75) is 31.3 Å². The van der Waals surface area contributed by atoms with Gasteiger partial charge >= 0.3 is 0 Å². The highest BCUT2D eigenvalue weighted by Gasteiger charge is 2.32. The van der Waals surface area contributed by atoms with Gasteiger partial charge < -0.3 is 15.4 Å². The second-order valence-corrected chi connectivity index (χ2v) is 4.87. The van der Waals surface area contributed by atoms with Crippen molar-refractivity contribution in [3.05, 3.63) is 0 Å². The van der Waals surface area contributed by atoms with E-state index in [1.807, 2.05) is 7.05 Å². The predicted octanol–water partition coefficient (Wildman–Crippen LogP) is -0.425. The van der Waals surface area contributed by atoms with Crippen LogP contribution in [-0.4, -0.2) is 62.8 Å². The van der Waals surface area contributed by atoms with E-state index in [1.54, 1.807) is 0 Å². The van der Waals surface area contributed by atoms with Gasteiger partial charge in [-0.3, -0.25) is 9.69 Å². The van der Waals surface area contributed by atoms with Crippen LogP contribution < -0.4 is 10.6 Å². The molecule has 0 aromatic carbocycles. The van der Waals surface area contributed by atoms with Crippen molar-refractivity contribution < 1.29 is 9.53 Å². The van der Waals surface area contributed by atoms with Crippen molar-refractivity contribution in [2.75, 3.05) is 39.9 Å². The van der Waals surface area contributed by atoms with Gasteiger partial charge in [-0.05, 0) is 32.9 Å². The lowest BCUT2D eigenvalue weighted by Gasteiger charge is -2.34. The number of morpholine rings is 1. The third-order valence-electron chi connectivity index (χ3n) is 3.34. The van der Waals surface area contributed by atoms with E-state index in [2.05, 4.69) is 15.5 Å². The summed E-state index contributed by atoms with van der Waals surface area (Å²) in [7, 11) is 1.95. The van der Waals surface area contributed by atoms with Crippen LogP contribution in [-0.2, 0) is 9.53 Å². The summed E-state index contributed by atoms with van der Waals surface area (Å²) in [5.74, 6) is 0.150. The van der Waals surface area contributed by atoms with E-state index in [9.17, 15) is 4.79 Å². The Hall–Kier alpha value is -0.650. The molecule has 0 aromatic rings. The lowest BCUT2D eigenvalue weighted by molar-refractivity contribution is -0.132. The van der Waals surface area contributed by atoms with Gasteiger partial charge in [0.15, 0.2) is 0 Å². The molecule has 1 amide bonds. The Balaban J connectivity index is 1.79. The van der Waals surface area contributed by atoms with Crippen LogP contribution in [0.1, 0.15) is 19.3 Å². The summed E-state index contributed by atoms with van der Waals surface area (Å²) >= 11 is 0. The zero-order valence-corrected chi connectivity index (χ0v) is 10.6. The Bertz CT molecular complexity index is 256. The molecule has 0 aromatic heterocycles. The van der Waals surface area contributed by atoms with Crippen molar-refractivity contribution in [1.29, 1.82) is 0 Å². The maximum atomic E-state index is 12.0. The summed E-state index contributed by atoms with van der Waals surface area (Å²) in [5.41, 5.74) is 0. The van der Waals surface area contributed by atoms with E-state index >= 15 is 0 Å². The topological polar surface area (TPSA) is 53.6 Å². The number of ether oxygens (including phenoxy) is 1. The van der Waals surface area contributed by atoms with Gasteiger partial charge in [-0.1, -0.05) is 0 Å². The summed E-state index contributed by atoms with van der Waals surface area (Å²) in [5, 5.41) is 6.20. The van der Waals surface area contributed by atoms with Crippen LogP contribution in [0.5, 0.6) is 0 Å². The summed E-state index contributed by atoms with van der Waals surface area (Å²) < 4.78 is 5.42. The number of nitrogens with one attached hydrogen (secondary N) is 2. The highest BCUT2D eigenvalue weighted by atomic mass is 16.5. The Morgan fingerprint density at radius 1 is 1.47 bits per heavy atom. The standard InChI is InChI=1S/C12H23N3O2/c1-13-5-2-6-15-7-8-17-9-11(15)12(16)14-10-3-4-10/h10-11,13H,2-9H2,1H3,(H,14,16). The van der Waals surface area contributed by atoms with E-state index in [1.165, 1.54) is 0 Å². The molecule has 1 atom stereocenters. The van der Waals surface area contributed by atoms with Crippen LogP contribution in [0.15, 0.2) is 0 Å². The quantitative estimate of drug-likeness (QED) is 0.620. The van der Waals surface area contributed by atoms with Crippen LogP contribution in [0.4, 0.5) is 0 Å². The molecule has 1 unspecified atom stereocenters. The summed E-state index contributed by atoms with van der Waals surface area (Å²) in [6.45, 7) is 4.11. The van der Waals surface area contributed by atoms with E-state index in [4.69, 9.17) is 4.74 Å². The third-order valence-corrected chi connectivity index (χ3v) is 3.34. The van der Waals surface area contributed by atoms with E-state index in [0.29, 0.717) is 12.6 Å². The predicted molar refractivity (Wildman–Crippen MR) is 65.9 cm³/mol. The highest BCUT2D eigenvalue weighted by Crippen LogP contribution is 2.19. The van der Waals surface area contributed by atoms with Gasteiger partial charge in [-0.2, -0.15) is 0 Å². The van der Waals surface area contributed by atoms with Gasteiger partial charge in [0.25, 0.3) is 0 Å². The molecule has 0 bridgehead atoms. The molecule has 1 saturated heterocycles. The summed E-state index contributed by atoms with van der Waals surface area (Å²) in [6.07, 6.45) is 3.35. The van der Waals surface area contributed by atoms with Crippen LogP contribution in [0, 0.1) is 0 Å². The Labute approximate surface area is 103 Å². The Morgan fingerprint density at radius 2 is 2.29 bits per heavy atom. The molecule has 17 heavy (non-hydrogen) atoms. The van der Waals surface area contributed by atoms with Crippen LogP contribution in [0.3, 0.4) is 0 Å². The minimum atomic E-state index is -0.0822. The summed E-state index contributed by atoms with van der Waals surface area (Å²) in [4.78, 5) is 14.3. The van der Waals surface area contributed by atoms with Gasteiger partial charge in [0.1, 0.15) is 6.04 Å². The molecule has 1 heterocycles. The van der Waals surface area contributed by atoms with Gasteiger partial charge in [0, 0.05) is 19.1 Å². The first-order valence-corrected chi connectivity index (χ1v) is 6.58. The van der Waals surface area contributed by atoms with E-state index in [0.717, 1.165) is 45.5 Å². The fourth-order valence-electron chi connectivity index (χ4n) is 2.13. The number of carbonyl (C=O) groups is 1. The number of amides is 1. The molecule has 2 rings (SSSR count). The van der Waals surface area contributed by atoms with E-state index < -0.39 is 0 Å². The van der Waals surface area contributed by atoms with Crippen molar-refractivity contribution in [2.24, 2.45) is 0 Å². The molecule has 0 radical (unpaired) electrons. The molecule has 2 fully saturated rings. The Kier molecular flexibility index (Phi) is 4.76. The first-order valence-electron chi connectivity index (χ1n) is 6.58. The average Bonchev–Trinajstić information content (AvgIpc) is 3.14. The van der Waals surface area contributed by atoms with Crippen molar-refractivity contribution in [1.82, 2.24) is 15.5 Å². The minimum Gasteiger partial charge on any atom is -0.378 e. The maximum absolute atomic E-state index is 12.0. The molecule has 1 aliphatic carbocycles. The van der Waals surface area contributed by atoms with Gasteiger partial charge in [-0.25, -0.2) is 0 Å². The number of rotatable bonds is 6. The van der Waals surface area contributed by atoms with Gasteiger partial charge in [0.2, 0.25) is 5.91 Å². The SMILES string of the molecule is CNCCCN1CCOCC1C(=O)NC1CC1. The first kappa shape index (κ1) is 12.8. The highest BCUT2D eigenvalue weighted by molar-refractivity contribution is 5.82. The molecule has 0 spiro atoms. The second-order valence-electron chi connectivity index (χ2n) is 4.87. The fourth-order valence-corrected chi connectivity index (χ4v) is 2.13. The Morgan fingerprint density at radius 3 is 3.00 bits per heavy atom. The van der Waals surface area contributed by atoms with Crippen molar-refractivity contribution in [3.8, 4) is 0 Å². The monoisotopic (exact) mass is 241 g/mol. The number of carbonyl (C=O) groups excluding carboxylic acids is 1. The first-order chi connectivity index (χ1) is 8.31. The van der Waals surface area contributed by atoms with Crippen LogP contribution in [0.25, 0.3) is 0 Å². The molecule has 1 saturated carbocycles. The van der Waals surface area contributed by atoms with Gasteiger partial charge in [-0.15, -0.1) is 0 Å². The van der Waals surface area contributed by atoms with Crippen molar-refractivity contribution >= 4 is 5.91 Å². The van der Waals surface area contributed by atoms with Crippen LogP contribution >= 0.6 is 0 Å². The molecular formula is C12H23N3O2. The van der Waals surface area contributed by atoms with Crippen molar-refractivity contribution in [3.63, 3.8) is 0 Å². The normalized spacial score (nSPS) is 25.8.